The Morgan fingerprint density at radius 1 is 1.46 bits per heavy atom. The summed E-state index contributed by atoms with van der Waals surface area (Å²) in [6.45, 7) is 0. The second-order valence-electron chi connectivity index (χ2n) is 4.69. The van der Waals surface area contributed by atoms with E-state index in [1.807, 2.05) is 18.2 Å². The summed E-state index contributed by atoms with van der Waals surface area (Å²) in [6, 6.07) is 9.35. The Labute approximate surface area is 146 Å². The fourth-order valence-corrected chi connectivity index (χ4v) is 3.34. The van der Waals surface area contributed by atoms with Crippen LogP contribution in [0.25, 0.3) is 10.9 Å². The molecule has 6 nitrogen and oxygen atoms in total. The van der Waals surface area contributed by atoms with Gasteiger partial charge in [0.1, 0.15) is 16.8 Å². The summed E-state index contributed by atoms with van der Waals surface area (Å²) in [7, 11) is 1.59. The summed E-state index contributed by atoms with van der Waals surface area (Å²) in [4.78, 5) is 20.4. The maximum absolute atomic E-state index is 11.9. The monoisotopic (exact) mass is 356 g/mol. The first-order valence-electron chi connectivity index (χ1n) is 6.90. The fourth-order valence-electron chi connectivity index (χ4n) is 2.03. The standard InChI is InChI=1S/C16H12N4O2S2/c1-22-12-2-3-13-10(7-12)6-11(8-17)15(19-13)24-9-14(21)20-16-18-4-5-23-16/h2-7H,9H2,1H3,(H,18,20,21). The van der Waals surface area contributed by atoms with Crippen molar-refractivity contribution in [1.82, 2.24) is 9.97 Å². The average molecular weight is 356 g/mol. The van der Waals surface area contributed by atoms with Crippen molar-refractivity contribution in [2.24, 2.45) is 0 Å². The van der Waals surface area contributed by atoms with Crippen LogP contribution in [-0.2, 0) is 4.79 Å². The van der Waals surface area contributed by atoms with E-state index < -0.39 is 0 Å². The molecule has 120 valence electrons. The largest absolute Gasteiger partial charge is 0.497 e. The number of fused-ring (bicyclic) bond motifs is 1. The number of carbonyl (C=O) groups excluding carboxylic acids is 1. The molecule has 0 aliphatic heterocycles. The molecule has 0 spiro atoms. The van der Waals surface area contributed by atoms with Crippen molar-refractivity contribution in [3.63, 3.8) is 0 Å². The highest BCUT2D eigenvalue weighted by molar-refractivity contribution is 8.00. The summed E-state index contributed by atoms with van der Waals surface area (Å²) >= 11 is 2.58. The molecule has 0 saturated heterocycles. The summed E-state index contributed by atoms with van der Waals surface area (Å²) < 4.78 is 5.18. The van der Waals surface area contributed by atoms with Crippen molar-refractivity contribution in [3.8, 4) is 11.8 Å². The molecular weight excluding hydrogens is 344 g/mol. The first-order valence-corrected chi connectivity index (χ1v) is 8.77. The Balaban J connectivity index is 1.78. The van der Waals surface area contributed by atoms with Crippen LogP contribution in [0.4, 0.5) is 5.13 Å². The summed E-state index contributed by atoms with van der Waals surface area (Å²) in [6.07, 6.45) is 1.63. The Morgan fingerprint density at radius 2 is 2.33 bits per heavy atom. The number of thiazole rings is 1. The third-order valence-electron chi connectivity index (χ3n) is 3.13. The van der Waals surface area contributed by atoms with Crippen molar-refractivity contribution < 1.29 is 9.53 Å². The maximum atomic E-state index is 11.9. The zero-order valence-corrected chi connectivity index (χ0v) is 14.3. The molecule has 2 heterocycles. The predicted molar refractivity (Wildman–Crippen MR) is 94.5 cm³/mol. The van der Waals surface area contributed by atoms with Crippen LogP contribution in [0.1, 0.15) is 5.56 Å². The fraction of sp³-hybridized carbons (Fsp3) is 0.125. The van der Waals surface area contributed by atoms with Gasteiger partial charge in [-0.05, 0) is 24.3 Å². The van der Waals surface area contributed by atoms with Gasteiger partial charge in [0.2, 0.25) is 5.91 Å². The third-order valence-corrected chi connectivity index (χ3v) is 4.81. The van der Waals surface area contributed by atoms with E-state index >= 15 is 0 Å². The molecule has 0 aliphatic rings. The van der Waals surface area contributed by atoms with Gasteiger partial charge in [0.05, 0.1) is 23.9 Å². The summed E-state index contributed by atoms with van der Waals surface area (Å²) in [5.41, 5.74) is 1.18. The van der Waals surface area contributed by atoms with E-state index in [9.17, 15) is 10.1 Å². The highest BCUT2D eigenvalue weighted by Gasteiger charge is 2.11. The van der Waals surface area contributed by atoms with Crippen molar-refractivity contribution in [2.75, 3.05) is 18.2 Å². The quantitative estimate of drug-likeness (QED) is 0.706. The minimum atomic E-state index is -0.185. The lowest BCUT2D eigenvalue weighted by molar-refractivity contribution is -0.113. The van der Waals surface area contributed by atoms with Gasteiger partial charge in [0, 0.05) is 17.0 Å². The topological polar surface area (TPSA) is 87.9 Å². The number of thioether (sulfide) groups is 1. The molecule has 0 bridgehead atoms. The van der Waals surface area contributed by atoms with Crippen LogP contribution in [0.3, 0.4) is 0 Å². The Hall–Kier alpha value is -2.63. The lowest BCUT2D eigenvalue weighted by Crippen LogP contribution is -2.14. The maximum Gasteiger partial charge on any atom is 0.236 e. The number of nitrogens with zero attached hydrogens (tertiary/aromatic N) is 3. The number of amides is 1. The second-order valence-corrected chi connectivity index (χ2v) is 6.54. The van der Waals surface area contributed by atoms with Crippen LogP contribution in [-0.4, -0.2) is 28.7 Å². The van der Waals surface area contributed by atoms with Gasteiger partial charge in [-0.3, -0.25) is 4.79 Å². The number of hydrogen-bond donors (Lipinski definition) is 1. The molecule has 1 amide bonds. The molecule has 0 aliphatic carbocycles. The SMILES string of the molecule is COc1ccc2nc(SCC(=O)Nc3nccs3)c(C#N)cc2c1. The molecule has 3 rings (SSSR count). The van der Waals surface area contributed by atoms with E-state index in [4.69, 9.17) is 4.74 Å². The van der Waals surface area contributed by atoms with E-state index in [0.29, 0.717) is 21.5 Å². The number of carbonyl (C=O) groups is 1. The number of nitrogens with one attached hydrogen (secondary N) is 1. The van der Waals surface area contributed by atoms with E-state index in [1.165, 1.54) is 23.1 Å². The highest BCUT2D eigenvalue weighted by atomic mass is 32.2. The van der Waals surface area contributed by atoms with Gasteiger partial charge in [0.25, 0.3) is 0 Å². The summed E-state index contributed by atoms with van der Waals surface area (Å²) in [5, 5.41) is 15.7. The van der Waals surface area contributed by atoms with Crippen molar-refractivity contribution in [3.05, 3.63) is 41.4 Å². The highest BCUT2D eigenvalue weighted by Crippen LogP contribution is 2.27. The number of aromatic nitrogens is 2. The molecule has 24 heavy (non-hydrogen) atoms. The van der Waals surface area contributed by atoms with Gasteiger partial charge in [-0.25, -0.2) is 9.97 Å². The molecule has 1 N–H and O–H groups in total. The zero-order chi connectivity index (χ0) is 16.9. The minimum absolute atomic E-state index is 0.156. The molecule has 0 unspecified atom stereocenters. The number of ether oxygens (including phenoxy) is 1. The molecule has 0 fully saturated rings. The Morgan fingerprint density at radius 3 is 3.04 bits per heavy atom. The Bertz CT molecular complexity index is 920. The molecule has 0 saturated carbocycles. The van der Waals surface area contributed by atoms with Gasteiger partial charge in [-0.2, -0.15) is 5.26 Å². The van der Waals surface area contributed by atoms with Gasteiger partial charge in [0.15, 0.2) is 5.13 Å². The van der Waals surface area contributed by atoms with Crippen LogP contribution >= 0.6 is 23.1 Å². The Kier molecular flexibility index (Phi) is 4.93. The van der Waals surface area contributed by atoms with Gasteiger partial charge in [-0.15, -0.1) is 11.3 Å². The van der Waals surface area contributed by atoms with Gasteiger partial charge < -0.3 is 10.1 Å². The number of pyridine rings is 1. The number of methoxy groups -OCH3 is 1. The van der Waals surface area contributed by atoms with Crippen LogP contribution < -0.4 is 10.1 Å². The number of benzene rings is 1. The average Bonchev–Trinajstić information content (AvgIpc) is 3.11. The normalized spacial score (nSPS) is 10.3. The zero-order valence-electron chi connectivity index (χ0n) is 12.6. The van der Waals surface area contributed by atoms with Gasteiger partial charge >= 0.3 is 0 Å². The molecule has 8 heteroatoms. The van der Waals surface area contributed by atoms with Crippen molar-refractivity contribution >= 4 is 45.0 Å². The molecule has 0 radical (unpaired) electrons. The summed E-state index contributed by atoms with van der Waals surface area (Å²) in [5.74, 6) is 0.676. The van der Waals surface area contributed by atoms with Crippen molar-refractivity contribution in [1.29, 1.82) is 5.26 Å². The van der Waals surface area contributed by atoms with E-state index in [2.05, 4.69) is 21.4 Å². The lowest BCUT2D eigenvalue weighted by Gasteiger charge is -2.07. The molecular formula is C16H12N4O2S2. The second kappa shape index (κ2) is 7.29. The first kappa shape index (κ1) is 16.2. The van der Waals surface area contributed by atoms with Crippen LogP contribution in [0, 0.1) is 11.3 Å². The molecule has 3 aromatic rings. The number of hydrogen-bond acceptors (Lipinski definition) is 7. The van der Waals surface area contributed by atoms with E-state index in [1.54, 1.807) is 24.8 Å². The minimum Gasteiger partial charge on any atom is -0.497 e. The number of nitriles is 1. The van der Waals surface area contributed by atoms with Gasteiger partial charge in [-0.1, -0.05) is 11.8 Å². The van der Waals surface area contributed by atoms with Crippen LogP contribution in [0.5, 0.6) is 5.75 Å². The predicted octanol–water partition coefficient (Wildman–Crippen LogP) is 3.30. The molecule has 1 aromatic carbocycles. The van der Waals surface area contributed by atoms with Crippen LogP contribution in [0.15, 0.2) is 40.9 Å². The first-order chi connectivity index (χ1) is 11.7. The number of rotatable bonds is 5. The third kappa shape index (κ3) is 3.64. The van der Waals surface area contributed by atoms with E-state index in [0.717, 1.165) is 10.9 Å². The smallest absolute Gasteiger partial charge is 0.236 e. The number of anilines is 1. The molecule has 2 aromatic heterocycles. The lowest BCUT2D eigenvalue weighted by atomic mass is 10.1. The van der Waals surface area contributed by atoms with Crippen molar-refractivity contribution in [2.45, 2.75) is 5.03 Å². The van der Waals surface area contributed by atoms with Crippen LogP contribution in [0.2, 0.25) is 0 Å². The van der Waals surface area contributed by atoms with E-state index in [-0.39, 0.29) is 11.7 Å². The molecule has 0 atom stereocenters.